The number of non-ortho nitro benzene ring substituents is 1. The third-order valence-electron chi connectivity index (χ3n) is 3.70. The van der Waals surface area contributed by atoms with Gasteiger partial charge in [0, 0.05) is 0 Å². The van der Waals surface area contributed by atoms with E-state index in [1.807, 2.05) is 0 Å². The summed E-state index contributed by atoms with van der Waals surface area (Å²) >= 11 is -0.296. The molecule has 0 aliphatic carbocycles. The van der Waals surface area contributed by atoms with E-state index in [9.17, 15) is 19.7 Å². The topological polar surface area (TPSA) is 130 Å². The zero-order valence-corrected chi connectivity index (χ0v) is 14.0. The number of nitrogens with one attached hydrogen (secondary N) is 1. The van der Waals surface area contributed by atoms with Gasteiger partial charge >= 0.3 is 142 Å². The van der Waals surface area contributed by atoms with Gasteiger partial charge in [0.1, 0.15) is 0 Å². The van der Waals surface area contributed by atoms with Crippen molar-refractivity contribution in [3.8, 4) is 0 Å². The van der Waals surface area contributed by atoms with E-state index in [2.05, 4.69) is 0 Å². The van der Waals surface area contributed by atoms with E-state index in [4.69, 9.17) is 11.1 Å². The molecular formula is C15H12N4O4Se. The summed E-state index contributed by atoms with van der Waals surface area (Å²) in [5, 5.41) is 19.7. The molecule has 0 atom stereocenters. The molecule has 9 heteroatoms. The minimum absolute atomic E-state index is 0.0394. The number of nitro benzene ring substituents is 1. The van der Waals surface area contributed by atoms with Crippen LogP contribution >= 0.6 is 0 Å². The van der Waals surface area contributed by atoms with Crippen LogP contribution in [0, 0.1) is 15.5 Å². The predicted molar refractivity (Wildman–Crippen MR) is 88.4 cm³/mol. The van der Waals surface area contributed by atoms with Gasteiger partial charge in [-0.1, -0.05) is 0 Å². The van der Waals surface area contributed by atoms with E-state index in [1.54, 1.807) is 18.2 Å². The Labute approximate surface area is 142 Å². The van der Waals surface area contributed by atoms with Gasteiger partial charge in [-0.2, -0.15) is 0 Å². The average Bonchev–Trinajstić information content (AvgIpc) is 2.54. The molecule has 8 nitrogen and oxygen atoms in total. The Balaban J connectivity index is 2.10. The molecule has 0 saturated carbocycles. The van der Waals surface area contributed by atoms with E-state index in [-0.39, 0.29) is 37.5 Å². The van der Waals surface area contributed by atoms with Crippen molar-refractivity contribution < 1.29 is 14.5 Å². The second-order valence-electron chi connectivity index (χ2n) is 5.13. The molecule has 1 heterocycles. The molecule has 0 saturated heterocycles. The summed E-state index contributed by atoms with van der Waals surface area (Å²) in [5.41, 5.74) is 5.64. The van der Waals surface area contributed by atoms with Crippen molar-refractivity contribution in [2.24, 2.45) is 5.73 Å². The van der Waals surface area contributed by atoms with Crippen molar-refractivity contribution in [3.05, 3.63) is 51.6 Å². The molecule has 1 aliphatic rings. The molecule has 0 fully saturated rings. The molecule has 0 unspecified atom stereocenters. The minimum atomic E-state index is -0.560. The SMILES string of the molecule is N=C(N)[Se]CCN1C(=O)c2cccc3cc([N+](=O)[O-])cc(c23)C1=O. The zero-order valence-electron chi connectivity index (χ0n) is 12.3. The quantitative estimate of drug-likeness (QED) is 0.198. The molecule has 0 spiro atoms. The standard InChI is InChI=1S/C15H12N4O4Se/c16-15(17)24-5-4-18-13(20)10-3-1-2-8-6-9(19(22)23)7-11(12(8)10)14(18)21/h1-3,6-7H,4-5H2,(H3,16,17). The van der Waals surface area contributed by atoms with Gasteiger partial charge < -0.3 is 0 Å². The van der Waals surface area contributed by atoms with Crippen LogP contribution in [0.3, 0.4) is 0 Å². The van der Waals surface area contributed by atoms with Crippen molar-refractivity contribution >= 4 is 48.0 Å². The van der Waals surface area contributed by atoms with Crippen molar-refractivity contribution in [2.75, 3.05) is 6.54 Å². The van der Waals surface area contributed by atoms with Crippen LogP contribution < -0.4 is 5.73 Å². The number of nitro groups is 1. The Morgan fingerprint density at radius 2 is 1.96 bits per heavy atom. The van der Waals surface area contributed by atoms with E-state index >= 15 is 0 Å². The van der Waals surface area contributed by atoms with Crippen LogP contribution in [0.1, 0.15) is 20.7 Å². The number of hydrogen-bond donors (Lipinski definition) is 2. The van der Waals surface area contributed by atoms with Crippen LogP contribution in [0.5, 0.6) is 0 Å². The molecule has 0 aromatic heterocycles. The van der Waals surface area contributed by atoms with E-state index in [1.165, 1.54) is 12.1 Å². The number of amidine groups is 1. The summed E-state index contributed by atoms with van der Waals surface area (Å²) in [7, 11) is 0. The van der Waals surface area contributed by atoms with Gasteiger partial charge in [-0.15, -0.1) is 0 Å². The van der Waals surface area contributed by atoms with E-state index in [0.717, 1.165) is 4.90 Å². The van der Waals surface area contributed by atoms with Crippen molar-refractivity contribution in [1.82, 2.24) is 4.90 Å². The second kappa shape index (κ2) is 6.03. The Bertz CT molecular complexity index is 912. The van der Waals surface area contributed by atoms with E-state index in [0.29, 0.717) is 21.7 Å². The fourth-order valence-electron chi connectivity index (χ4n) is 2.70. The molecule has 2 aromatic carbocycles. The van der Waals surface area contributed by atoms with Crippen LogP contribution in [0.25, 0.3) is 10.8 Å². The first-order chi connectivity index (χ1) is 11.4. The third kappa shape index (κ3) is 2.64. The molecule has 0 radical (unpaired) electrons. The van der Waals surface area contributed by atoms with Crippen LogP contribution in [0.2, 0.25) is 5.32 Å². The maximum absolute atomic E-state index is 12.7. The van der Waals surface area contributed by atoms with Gasteiger partial charge in [-0.3, -0.25) is 0 Å². The van der Waals surface area contributed by atoms with Crippen molar-refractivity contribution in [1.29, 1.82) is 5.41 Å². The Morgan fingerprint density at radius 1 is 1.25 bits per heavy atom. The summed E-state index contributed by atoms with van der Waals surface area (Å²) in [6.07, 6.45) is 0. The molecule has 3 rings (SSSR count). The van der Waals surface area contributed by atoms with Crippen LogP contribution in [0.15, 0.2) is 30.3 Å². The van der Waals surface area contributed by atoms with Gasteiger partial charge in [0.2, 0.25) is 0 Å². The van der Waals surface area contributed by atoms with Crippen LogP contribution in [-0.4, -0.2) is 47.9 Å². The van der Waals surface area contributed by atoms with E-state index < -0.39 is 16.7 Å². The molecule has 24 heavy (non-hydrogen) atoms. The number of carbonyl (C=O) groups excluding carboxylic acids is 2. The zero-order chi connectivity index (χ0) is 17.4. The molecule has 122 valence electrons. The summed E-state index contributed by atoms with van der Waals surface area (Å²) in [5.74, 6) is -0.974. The number of hydrogen-bond acceptors (Lipinski definition) is 5. The van der Waals surface area contributed by atoms with Gasteiger partial charge in [0.25, 0.3) is 0 Å². The molecular weight excluding hydrogens is 379 g/mol. The fraction of sp³-hybridized carbons (Fsp3) is 0.133. The van der Waals surface area contributed by atoms with Crippen LogP contribution in [0.4, 0.5) is 5.69 Å². The third-order valence-corrected chi connectivity index (χ3v) is 5.16. The first-order valence-electron chi connectivity index (χ1n) is 6.94. The number of nitrogens with two attached hydrogens (primary N) is 1. The summed E-state index contributed by atoms with van der Waals surface area (Å²) in [6.45, 7) is 0.135. The number of carbonyl (C=O) groups is 2. The van der Waals surface area contributed by atoms with Gasteiger partial charge in [-0.05, 0) is 0 Å². The predicted octanol–water partition coefficient (Wildman–Crippen LogP) is 1.36. The van der Waals surface area contributed by atoms with Gasteiger partial charge in [0.05, 0.1) is 0 Å². The molecule has 0 bridgehead atoms. The summed E-state index contributed by atoms with van der Waals surface area (Å²) < 4.78 is 0.0394. The van der Waals surface area contributed by atoms with Crippen LogP contribution in [-0.2, 0) is 0 Å². The second-order valence-corrected chi connectivity index (χ2v) is 7.51. The molecule has 2 aromatic rings. The number of rotatable bonds is 5. The first kappa shape index (κ1) is 16.1. The fourth-order valence-corrected chi connectivity index (χ4v) is 3.73. The molecule has 3 N–H and O–H groups in total. The number of imide groups is 1. The molecule has 2 amide bonds. The number of nitrogens with zero attached hydrogens (tertiary/aromatic N) is 2. The Morgan fingerprint density at radius 3 is 2.62 bits per heavy atom. The van der Waals surface area contributed by atoms with Crippen molar-refractivity contribution in [3.63, 3.8) is 0 Å². The first-order valence-corrected chi connectivity index (χ1v) is 9.01. The number of amides is 2. The van der Waals surface area contributed by atoms with Gasteiger partial charge in [0.15, 0.2) is 0 Å². The Kier molecular flexibility index (Phi) is 4.04. The van der Waals surface area contributed by atoms with Crippen molar-refractivity contribution in [2.45, 2.75) is 5.32 Å². The summed E-state index contributed by atoms with van der Waals surface area (Å²) in [6, 6.07) is 7.46. The normalized spacial score (nSPS) is 13.4. The average molecular weight is 391 g/mol. The summed E-state index contributed by atoms with van der Waals surface area (Å²) in [4.78, 5) is 36.9. The van der Waals surface area contributed by atoms with Gasteiger partial charge in [-0.25, -0.2) is 0 Å². The molecule has 1 aliphatic heterocycles. The monoisotopic (exact) mass is 392 g/mol. The Hall–Kier alpha value is -2.77. The maximum atomic E-state index is 12.7. The number of benzene rings is 2.